The van der Waals surface area contributed by atoms with Crippen molar-refractivity contribution in [3.05, 3.63) is 71.2 Å². The molecular weight excluding hydrogens is 306 g/mol. The summed E-state index contributed by atoms with van der Waals surface area (Å²) in [5.74, 6) is 0. The Morgan fingerprint density at radius 3 is 2.61 bits per heavy atom. The van der Waals surface area contributed by atoms with E-state index in [0.29, 0.717) is 6.54 Å². The van der Waals surface area contributed by atoms with Gasteiger partial charge >= 0.3 is 6.03 Å². The van der Waals surface area contributed by atoms with Gasteiger partial charge < -0.3 is 10.6 Å². The number of nitrogens with one attached hydrogen (secondary N) is 2. The van der Waals surface area contributed by atoms with Crippen LogP contribution >= 0.6 is 11.3 Å². The lowest BCUT2D eigenvalue weighted by atomic mass is 10.1. The molecule has 116 valence electrons. The van der Waals surface area contributed by atoms with E-state index in [1.165, 1.54) is 5.56 Å². The van der Waals surface area contributed by atoms with Gasteiger partial charge in [0.2, 0.25) is 0 Å². The minimum Gasteiger partial charge on any atom is -0.334 e. The molecule has 0 unspecified atom stereocenters. The molecule has 2 aromatic carbocycles. The lowest BCUT2D eigenvalue weighted by Gasteiger charge is -2.09. The summed E-state index contributed by atoms with van der Waals surface area (Å²) in [6, 6.07) is 15.5. The number of carbonyl (C=O) groups is 1. The lowest BCUT2D eigenvalue weighted by Crippen LogP contribution is -2.28. The standard InChI is InChI=1S/C18H17N3OS/c1-13-4-2-3-5-15(13)12-20-18(22)21-16-8-6-14(7-9-16)17-19-10-11-23-17/h2-11H,12H2,1H3,(H2,20,21,22). The zero-order valence-corrected chi connectivity index (χ0v) is 13.6. The van der Waals surface area contributed by atoms with Gasteiger partial charge in [-0.15, -0.1) is 11.3 Å². The van der Waals surface area contributed by atoms with Gasteiger partial charge in [-0.05, 0) is 42.3 Å². The Morgan fingerprint density at radius 1 is 1.13 bits per heavy atom. The summed E-state index contributed by atoms with van der Waals surface area (Å²) in [7, 11) is 0. The van der Waals surface area contributed by atoms with Crippen LogP contribution in [0, 0.1) is 6.92 Å². The molecule has 5 heteroatoms. The number of nitrogens with zero attached hydrogens (tertiary/aromatic N) is 1. The minimum atomic E-state index is -0.213. The molecule has 0 atom stereocenters. The fourth-order valence-electron chi connectivity index (χ4n) is 2.22. The fraction of sp³-hybridized carbons (Fsp3) is 0.111. The average molecular weight is 323 g/mol. The van der Waals surface area contributed by atoms with Crippen LogP contribution in [-0.4, -0.2) is 11.0 Å². The Morgan fingerprint density at radius 2 is 1.91 bits per heavy atom. The van der Waals surface area contributed by atoms with Crippen molar-refractivity contribution >= 4 is 23.1 Å². The molecule has 0 spiro atoms. The fourth-order valence-corrected chi connectivity index (χ4v) is 2.87. The number of amides is 2. The Labute approximate surface area is 139 Å². The number of aromatic nitrogens is 1. The number of benzene rings is 2. The van der Waals surface area contributed by atoms with Crippen LogP contribution < -0.4 is 10.6 Å². The van der Waals surface area contributed by atoms with Crippen LogP contribution in [0.15, 0.2) is 60.1 Å². The van der Waals surface area contributed by atoms with E-state index in [2.05, 4.69) is 15.6 Å². The highest BCUT2D eigenvalue weighted by Gasteiger charge is 2.04. The number of thiazole rings is 1. The quantitative estimate of drug-likeness (QED) is 0.746. The lowest BCUT2D eigenvalue weighted by molar-refractivity contribution is 0.251. The molecule has 0 bridgehead atoms. The number of hydrogen-bond donors (Lipinski definition) is 2. The monoisotopic (exact) mass is 323 g/mol. The van der Waals surface area contributed by atoms with Crippen LogP contribution in [0.3, 0.4) is 0 Å². The SMILES string of the molecule is Cc1ccccc1CNC(=O)Nc1ccc(-c2nccs2)cc1. The van der Waals surface area contributed by atoms with Gasteiger partial charge in [-0.2, -0.15) is 0 Å². The maximum atomic E-state index is 12.0. The van der Waals surface area contributed by atoms with Gasteiger partial charge in [-0.25, -0.2) is 9.78 Å². The summed E-state index contributed by atoms with van der Waals surface area (Å²) in [5, 5.41) is 8.62. The van der Waals surface area contributed by atoms with Crippen LogP contribution in [-0.2, 0) is 6.54 Å². The van der Waals surface area contributed by atoms with Crippen molar-refractivity contribution in [3.63, 3.8) is 0 Å². The van der Waals surface area contributed by atoms with E-state index >= 15 is 0 Å². The van der Waals surface area contributed by atoms with Crippen molar-refractivity contribution in [1.29, 1.82) is 0 Å². The maximum absolute atomic E-state index is 12.0. The number of aryl methyl sites for hydroxylation is 1. The molecule has 0 saturated carbocycles. The Balaban J connectivity index is 1.57. The van der Waals surface area contributed by atoms with Crippen LogP contribution in [0.4, 0.5) is 10.5 Å². The van der Waals surface area contributed by atoms with Gasteiger partial charge in [-0.1, -0.05) is 24.3 Å². The average Bonchev–Trinajstić information content (AvgIpc) is 3.09. The Bertz CT molecular complexity index is 782. The highest BCUT2D eigenvalue weighted by atomic mass is 32.1. The van der Waals surface area contributed by atoms with Crippen LogP contribution in [0.5, 0.6) is 0 Å². The van der Waals surface area contributed by atoms with E-state index in [1.807, 2.05) is 60.8 Å². The number of rotatable bonds is 4. The summed E-state index contributed by atoms with van der Waals surface area (Å²) in [5.41, 5.74) is 4.08. The molecule has 2 amide bonds. The third kappa shape index (κ3) is 3.96. The molecule has 0 aliphatic heterocycles. The van der Waals surface area contributed by atoms with Crippen LogP contribution in [0.2, 0.25) is 0 Å². The van der Waals surface area contributed by atoms with Gasteiger partial charge in [0, 0.05) is 29.4 Å². The molecule has 0 aliphatic rings. The molecule has 0 fully saturated rings. The zero-order chi connectivity index (χ0) is 16.1. The second-order valence-electron chi connectivity index (χ2n) is 5.15. The molecule has 3 aromatic rings. The molecule has 0 aliphatic carbocycles. The van der Waals surface area contributed by atoms with E-state index in [0.717, 1.165) is 21.8 Å². The maximum Gasteiger partial charge on any atom is 0.319 e. The summed E-state index contributed by atoms with van der Waals surface area (Å²) < 4.78 is 0. The second-order valence-corrected chi connectivity index (χ2v) is 6.04. The van der Waals surface area contributed by atoms with E-state index in [-0.39, 0.29) is 6.03 Å². The molecule has 1 aromatic heterocycles. The first-order chi connectivity index (χ1) is 11.2. The van der Waals surface area contributed by atoms with E-state index in [1.54, 1.807) is 17.5 Å². The van der Waals surface area contributed by atoms with Crippen LogP contribution in [0.1, 0.15) is 11.1 Å². The van der Waals surface area contributed by atoms with Crippen molar-refractivity contribution in [2.45, 2.75) is 13.5 Å². The second kappa shape index (κ2) is 7.07. The highest BCUT2D eigenvalue weighted by molar-refractivity contribution is 7.13. The van der Waals surface area contributed by atoms with E-state index in [9.17, 15) is 4.79 Å². The van der Waals surface area contributed by atoms with Gasteiger partial charge in [0.1, 0.15) is 5.01 Å². The smallest absolute Gasteiger partial charge is 0.319 e. The number of hydrogen-bond acceptors (Lipinski definition) is 3. The van der Waals surface area contributed by atoms with Gasteiger partial charge in [0.15, 0.2) is 0 Å². The van der Waals surface area contributed by atoms with Gasteiger partial charge in [0.25, 0.3) is 0 Å². The molecule has 2 N–H and O–H groups in total. The minimum absolute atomic E-state index is 0.213. The Hall–Kier alpha value is -2.66. The van der Waals surface area contributed by atoms with Crippen molar-refractivity contribution in [2.75, 3.05) is 5.32 Å². The summed E-state index contributed by atoms with van der Waals surface area (Å²) in [6.07, 6.45) is 1.78. The van der Waals surface area contributed by atoms with Gasteiger partial charge in [0.05, 0.1) is 0 Å². The van der Waals surface area contributed by atoms with Crippen molar-refractivity contribution in [3.8, 4) is 10.6 Å². The van der Waals surface area contributed by atoms with Gasteiger partial charge in [-0.3, -0.25) is 0 Å². The normalized spacial score (nSPS) is 10.3. The molecule has 4 nitrogen and oxygen atoms in total. The van der Waals surface area contributed by atoms with Crippen molar-refractivity contribution in [1.82, 2.24) is 10.3 Å². The summed E-state index contributed by atoms with van der Waals surface area (Å²) in [4.78, 5) is 16.2. The molecule has 23 heavy (non-hydrogen) atoms. The van der Waals surface area contributed by atoms with Crippen LogP contribution in [0.25, 0.3) is 10.6 Å². The predicted octanol–water partition coefficient (Wildman–Crippen LogP) is 4.44. The molecule has 0 saturated heterocycles. The first kappa shape index (κ1) is 15.2. The largest absolute Gasteiger partial charge is 0.334 e. The number of carbonyl (C=O) groups excluding carboxylic acids is 1. The predicted molar refractivity (Wildman–Crippen MR) is 94.6 cm³/mol. The van der Waals surface area contributed by atoms with Crippen molar-refractivity contribution in [2.24, 2.45) is 0 Å². The highest BCUT2D eigenvalue weighted by Crippen LogP contribution is 2.23. The third-order valence-corrected chi connectivity index (χ3v) is 4.34. The first-order valence-electron chi connectivity index (χ1n) is 7.31. The van der Waals surface area contributed by atoms with E-state index < -0.39 is 0 Å². The third-order valence-electron chi connectivity index (χ3n) is 3.52. The number of anilines is 1. The number of urea groups is 1. The topological polar surface area (TPSA) is 54.0 Å². The molecular formula is C18H17N3OS. The zero-order valence-electron chi connectivity index (χ0n) is 12.7. The Kier molecular flexibility index (Phi) is 4.68. The van der Waals surface area contributed by atoms with E-state index in [4.69, 9.17) is 0 Å². The molecule has 1 heterocycles. The molecule has 3 rings (SSSR count). The molecule has 0 radical (unpaired) electrons. The summed E-state index contributed by atoms with van der Waals surface area (Å²) in [6.45, 7) is 2.54. The first-order valence-corrected chi connectivity index (χ1v) is 8.19. The van der Waals surface area contributed by atoms with Crippen molar-refractivity contribution < 1.29 is 4.79 Å². The summed E-state index contributed by atoms with van der Waals surface area (Å²) >= 11 is 1.59.